The van der Waals surface area contributed by atoms with Crippen molar-refractivity contribution < 1.29 is 14.0 Å². The van der Waals surface area contributed by atoms with Crippen LogP contribution >= 0.6 is 0 Å². The molecule has 0 unspecified atom stereocenters. The first-order valence-corrected chi connectivity index (χ1v) is 12.1. The molecule has 0 fully saturated rings. The van der Waals surface area contributed by atoms with Gasteiger partial charge in [-0.05, 0) is 61.5 Å². The molecule has 0 spiro atoms. The molecule has 0 N–H and O–H groups in total. The van der Waals surface area contributed by atoms with Crippen molar-refractivity contribution >= 4 is 14.3 Å². The van der Waals surface area contributed by atoms with Crippen molar-refractivity contribution in [3.63, 3.8) is 0 Å². The lowest BCUT2D eigenvalue weighted by molar-refractivity contribution is -0.142. The summed E-state index contributed by atoms with van der Waals surface area (Å²) in [6.07, 6.45) is 5.31. The van der Waals surface area contributed by atoms with Gasteiger partial charge in [-0.3, -0.25) is 4.79 Å². The van der Waals surface area contributed by atoms with Crippen LogP contribution in [0.25, 0.3) is 0 Å². The number of ether oxygens (including phenoxy) is 1. The molecular formula is C22H30O3Si. The highest BCUT2D eigenvalue weighted by atomic mass is 28.4. The Morgan fingerprint density at radius 3 is 2.54 bits per heavy atom. The monoisotopic (exact) mass is 370 g/mol. The highest BCUT2D eigenvalue weighted by Crippen LogP contribution is 2.44. The number of esters is 1. The molecule has 4 heteroatoms. The first-order chi connectivity index (χ1) is 12.0. The van der Waals surface area contributed by atoms with Crippen molar-refractivity contribution in [3.8, 4) is 23.7 Å². The normalized spacial score (nSPS) is 26.8. The Kier molecular flexibility index (Phi) is 5.91. The van der Waals surface area contributed by atoms with Crippen LogP contribution in [0, 0.1) is 23.7 Å². The van der Waals surface area contributed by atoms with Crippen LogP contribution in [0.4, 0.5) is 0 Å². The van der Waals surface area contributed by atoms with E-state index in [0.29, 0.717) is 6.42 Å². The maximum Gasteiger partial charge on any atom is 0.304 e. The fourth-order valence-corrected chi connectivity index (χ4v) is 4.52. The number of carbonyl (C=O) groups is 1. The summed E-state index contributed by atoms with van der Waals surface area (Å²) in [6, 6.07) is 0. The predicted molar refractivity (Wildman–Crippen MR) is 108 cm³/mol. The lowest BCUT2D eigenvalue weighted by atomic mass is 9.79. The molecule has 26 heavy (non-hydrogen) atoms. The van der Waals surface area contributed by atoms with Gasteiger partial charge in [0.15, 0.2) is 14.4 Å². The van der Waals surface area contributed by atoms with Gasteiger partial charge in [-0.2, -0.15) is 0 Å². The van der Waals surface area contributed by atoms with E-state index in [1.54, 1.807) is 12.2 Å². The zero-order chi connectivity index (χ0) is 19.6. The minimum atomic E-state index is -2.02. The minimum Gasteiger partial charge on any atom is -0.445 e. The van der Waals surface area contributed by atoms with Crippen molar-refractivity contribution in [2.75, 3.05) is 0 Å². The number of carbonyl (C=O) groups excluding carboxylic acids is 1. The Labute approximate surface area is 159 Å². The van der Waals surface area contributed by atoms with Crippen LogP contribution in [0.15, 0.2) is 23.3 Å². The highest BCUT2D eigenvalue weighted by Gasteiger charge is 2.46. The Balaban J connectivity index is 2.49. The molecule has 0 aromatic heterocycles. The molecule has 0 aromatic carbocycles. The number of fused-ring (bicyclic) bond motifs is 2. The van der Waals surface area contributed by atoms with Crippen molar-refractivity contribution in [2.24, 2.45) is 0 Å². The van der Waals surface area contributed by atoms with Gasteiger partial charge in [0.25, 0.3) is 0 Å². The van der Waals surface area contributed by atoms with E-state index in [4.69, 9.17) is 9.16 Å². The van der Waals surface area contributed by atoms with Gasteiger partial charge in [0.2, 0.25) is 0 Å². The quantitative estimate of drug-likeness (QED) is 0.311. The van der Waals surface area contributed by atoms with Gasteiger partial charge >= 0.3 is 5.97 Å². The smallest absolute Gasteiger partial charge is 0.304 e. The van der Waals surface area contributed by atoms with Gasteiger partial charge in [0.1, 0.15) is 5.60 Å². The summed E-state index contributed by atoms with van der Waals surface area (Å²) in [5.41, 5.74) is 1.73. The highest BCUT2D eigenvalue weighted by molar-refractivity contribution is 6.74. The summed E-state index contributed by atoms with van der Waals surface area (Å²) >= 11 is 0. The average Bonchev–Trinajstić information content (AvgIpc) is 2.50. The third-order valence-corrected chi connectivity index (χ3v) is 10.1. The Morgan fingerprint density at radius 2 is 1.92 bits per heavy atom. The van der Waals surface area contributed by atoms with E-state index in [1.807, 2.05) is 0 Å². The van der Waals surface area contributed by atoms with Crippen LogP contribution in [0.5, 0.6) is 0 Å². The number of hydrogen-bond donors (Lipinski definition) is 0. The van der Waals surface area contributed by atoms with Crippen molar-refractivity contribution in [1.82, 2.24) is 0 Å². The van der Waals surface area contributed by atoms with Crippen LogP contribution in [-0.2, 0) is 14.0 Å². The molecule has 3 nitrogen and oxygen atoms in total. The molecule has 2 aliphatic rings. The topological polar surface area (TPSA) is 35.5 Å². The maximum atomic E-state index is 11.6. The van der Waals surface area contributed by atoms with Gasteiger partial charge < -0.3 is 9.16 Å². The van der Waals surface area contributed by atoms with Crippen molar-refractivity contribution in [3.05, 3.63) is 23.3 Å². The van der Waals surface area contributed by atoms with Gasteiger partial charge in [-0.15, -0.1) is 0 Å². The summed E-state index contributed by atoms with van der Waals surface area (Å²) in [4.78, 5) is 11.6. The predicted octanol–water partition coefficient (Wildman–Crippen LogP) is 4.76. The molecule has 0 saturated carbocycles. The number of allylic oxidation sites excluding steroid dienone is 3. The Hall–Kier alpha value is -1.75. The molecule has 2 rings (SSSR count). The van der Waals surface area contributed by atoms with Gasteiger partial charge in [-0.1, -0.05) is 44.1 Å². The van der Waals surface area contributed by atoms with E-state index in [-0.39, 0.29) is 11.0 Å². The average molecular weight is 371 g/mol. The minimum absolute atomic E-state index is 0.0973. The lowest BCUT2D eigenvalue weighted by Crippen LogP contribution is -2.51. The summed E-state index contributed by atoms with van der Waals surface area (Å²) in [7, 11) is -2.02. The Bertz CT molecular complexity index is 759. The summed E-state index contributed by atoms with van der Waals surface area (Å²) in [6.45, 7) is 14.7. The van der Waals surface area contributed by atoms with E-state index in [1.165, 1.54) is 12.5 Å². The Morgan fingerprint density at radius 1 is 1.27 bits per heavy atom. The van der Waals surface area contributed by atoms with Crippen molar-refractivity contribution in [2.45, 2.75) is 83.7 Å². The fraction of sp³-hybridized carbons (Fsp3) is 0.591. The fourth-order valence-electron chi connectivity index (χ4n) is 3.01. The largest absolute Gasteiger partial charge is 0.445 e. The zero-order valence-corrected chi connectivity index (χ0v) is 18.1. The van der Waals surface area contributed by atoms with E-state index in [9.17, 15) is 4.79 Å². The third-order valence-electron chi connectivity index (χ3n) is 5.55. The molecule has 2 bridgehead atoms. The summed E-state index contributed by atoms with van der Waals surface area (Å²) in [5, 5.41) is 0.0973. The lowest BCUT2D eigenvalue weighted by Gasteiger charge is -2.46. The molecule has 2 aliphatic carbocycles. The first-order valence-electron chi connectivity index (χ1n) is 9.20. The summed E-state index contributed by atoms with van der Waals surface area (Å²) < 4.78 is 12.4. The molecule has 0 aromatic rings. The summed E-state index contributed by atoms with van der Waals surface area (Å²) in [5.74, 6) is 12.2. The van der Waals surface area contributed by atoms with Crippen LogP contribution in [-0.4, -0.2) is 26.0 Å². The molecule has 2 atom stereocenters. The van der Waals surface area contributed by atoms with Crippen LogP contribution < -0.4 is 0 Å². The molecule has 0 amide bonds. The van der Waals surface area contributed by atoms with Crippen LogP contribution in [0.3, 0.4) is 0 Å². The number of hydrogen-bond acceptors (Lipinski definition) is 3. The van der Waals surface area contributed by atoms with Crippen molar-refractivity contribution in [1.29, 1.82) is 0 Å². The van der Waals surface area contributed by atoms with Crippen LogP contribution in [0.2, 0.25) is 18.1 Å². The third kappa shape index (κ3) is 4.70. The molecule has 0 saturated heterocycles. The van der Waals surface area contributed by atoms with Crippen LogP contribution in [0.1, 0.15) is 53.9 Å². The van der Waals surface area contributed by atoms with E-state index < -0.39 is 20.0 Å². The van der Waals surface area contributed by atoms with Gasteiger partial charge in [0, 0.05) is 13.3 Å². The molecule has 0 radical (unpaired) electrons. The first kappa shape index (κ1) is 20.6. The van der Waals surface area contributed by atoms with Gasteiger partial charge in [0.05, 0.1) is 0 Å². The second-order valence-corrected chi connectivity index (χ2v) is 13.4. The van der Waals surface area contributed by atoms with Gasteiger partial charge in [-0.25, -0.2) is 0 Å². The second kappa shape index (κ2) is 7.47. The molecule has 0 heterocycles. The number of rotatable bonds is 3. The molecule has 140 valence electrons. The van der Waals surface area contributed by atoms with E-state index >= 15 is 0 Å². The van der Waals surface area contributed by atoms with E-state index in [2.05, 4.69) is 64.5 Å². The standard InChI is InChI=1S/C22H30O3Si/c1-17-13-15-22(25-26(6,7)21(3,4)5)14-11-9-8-10-12-20(19(17)16-22)24-18(2)23/h8-9,20H,13,15-16H2,1-7H3/b9-8-/t20-,22-/m0/s1. The maximum absolute atomic E-state index is 11.6. The molecular weight excluding hydrogens is 340 g/mol. The SMILES string of the molecule is CC(=O)O[C@H]1C#C/C=C\C#C[C@]2(O[Si](C)(C)C(C)(C)C)CCC(C)=C1C2. The second-order valence-electron chi connectivity index (χ2n) is 8.72. The molecule has 0 aliphatic heterocycles. The zero-order valence-electron chi connectivity index (χ0n) is 17.1. The van der Waals surface area contributed by atoms with E-state index in [0.717, 1.165) is 18.4 Å².